The van der Waals surface area contributed by atoms with E-state index in [2.05, 4.69) is 20.1 Å². The van der Waals surface area contributed by atoms with E-state index in [1.54, 1.807) is 0 Å². The smallest absolute Gasteiger partial charge is 0.329 e. The van der Waals surface area contributed by atoms with Gasteiger partial charge in [-0.2, -0.15) is 0 Å². The number of nitrogens with one attached hydrogen (secondary N) is 1. The standard InChI is InChI=1S/C13H20N4O3S/c1-9(18)14-10(12(19)20-2)8-21-13-16-15-11-6-4-3-5-7-17(11)13/h10H,3-8H2,1-2H3,(H,14,18). The van der Waals surface area contributed by atoms with E-state index in [1.807, 2.05) is 0 Å². The van der Waals surface area contributed by atoms with Crippen molar-refractivity contribution in [3.63, 3.8) is 0 Å². The van der Waals surface area contributed by atoms with Crippen molar-refractivity contribution in [2.75, 3.05) is 12.9 Å². The van der Waals surface area contributed by atoms with Gasteiger partial charge in [-0.1, -0.05) is 18.2 Å². The van der Waals surface area contributed by atoms with Gasteiger partial charge in [0.25, 0.3) is 0 Å². The maximum atomic E-state index is 11.7. The third-order valence-electron chi connectivity index (χ3n) is 3.32. The predicted octanol–water partition coefficient (Wildman–Crippen LogP) is 0.774. The SMILES string of the molecule is COC(=O)C(CSc1nnc2n1CCCCC2)NC(C)=O. The molecule has 1 amide bonds. The fourth-order valence-electron chi connectivity index (χ4n) is 2.28. The summed E-state index contributed by atoms with van der Waals surface area (Å²) in [6.45, 7) is 2.29. The Balaban J connectivity index is 2.02. The first-order valence-electron chi connectivity index (χ1n) is 7.01. The quantitative estimate of drug-likeness (QED) is 0.638. The summed E-state index contributed by atoms with van der Waals surface area (Å²) in [5.74, 6) is 0.674. The number of hydrogen-bond acceptors (Lipinski definition) is 6. The van der Waals surface area contributed by atoms with Crippen molar-refractivity contribution in [2.45, 2.75) is 50.4 Å². The van der Waals surface area contributed by atoms with Crippen LogP contribution in [0.2, 0.25) is 0 Å². The van der Waals surface area contributed by atoms with Crippen molar-refractivity contribution in [2.24, 2.45) is 0 Å². The molecular formula is C13H20N4O3S. The number of esters is 1. The molecule has 0 fully saturated rings. The Morgan fingerprint density at radius 3 is 2.90 bits per heavy atom. The van der Waals surface area contributed by atoms with E-state index in [9.17, 15) is 9.59 Å². The number of fused-ring (bicyclic) bond motifs is 1. The molecule has 1 aromatic heterocycles. The summed E-state index contributed by atoms with van der Waals surface area (Å²) < 4.78 is 6.82. The van der Waals surface area contributed by atoms with Crippen molar-refractivity contribution in [1.82, 2.24) is 20.1 Å². The van der Waals surface area contributed by atoms with E-state index in [0.29, 0.717) is 5.75 Å². The molecule has 7 nitrogen and oxygen atoms in total. The molecule has 1 unspecified atom stereocenters. The number of methoxy groups -OCH3 is 1. The zero-order chi connectivity index (χ0) is 15.2. The lowest BCUT2D eigenvalue weighted by atomic mass is 10.2. The number of aryl methyl sites for hydroxylation is 1. The van der Waals surface area contributed by atoms with E-state index in [4.69, 9.17) is 4.74 Å². The van der Waals surface area contributed by atoms with Crippen LogP contribution in [0.4, 0.5) is 0 Å². The number of hydrogen-bond donors (Lipinski definition) is 1. The lowest BCUT2D eigenvalue weighted by molar-refractivity contribution is -0.144. The molecule has 0 aliphatic carbocycles. The molecule has 2 heterocycles. The lowest BCUT2D eigenvalue weighted by Gasteiger charge is -2.15. The first kappa shape index (κ1) is 15.8. The van der Waals surface area contributed by atoms with Gasteiger partial charge in [0.2, 0.25) is 5.91 Å². The maximum Gasteiger partial charge on any atom is 0.329 e. The third-order valence-corrected chi connectivity index (χ3v) is 4.38. The van der Waals surface area contributed by atoms with Crippen LogP contribution in [0, 0.1) is 0 Å². The zero-order valence-corrected chi connectivity index (χ0v) is 13.1. The number of rotatable bonds is 5. The van der Waals surface area contributed by atoms with E-state index < -0.39 is 12.0 Å². The molecule has 8 heteroatoms. The Morgan fingerprint density at radius 1 is 1.38 bits per heavy atom. The number of ether oxygens (including phenoxy) is 1. The summed E-state index contributed by atoms with van der Waals surface area (Å²) in [7, 11) is 1.31. The van der Waals surface area contributed by atoms with Crippen molar-refractivity contribution < 1.29 is 14.3 Å². The predicted molar refractivity (Wildman–Crippen MR) is 77.9 cm³/mol. The minimum absolute atomic E-state index is 0.258. The molecule has 0 saturated carbocycles. The van der Waals surface area contributed by atoms with Gasteiger partial charge in [-0.25, -0.2) is 4.79 Å². The van der Waals surface area contributed by atoms with Gasteiger partial charge in [0.1, 0.15) is 11.9 Å². The van der Waals surface area contributed by atoms with Crippen LogP contribution in [0.3, 0.4) is 0 Å². The van der Waals surface area contributed by atoms with Gasteiger partial charge in [-0.3, -0.25) is 4.79 Å². The summed E-state index contributed by atoms with van der Waals surface area (Å²) in [5, 5.41) is 11.8. The van der Waals surface area contributed by atoms with Gasteiger partial charge < -0.3 is 14.6 Å². The van der Waals surface area contributed by atoms with Crippen molar-refractivity contribution >= 4 is 23.6 Å². The highest BCUT2D eigenvalue weighted by atomic mass is 32.2. The first-order valence-corrected chi connectivity index (χ1v) is 8.00. The molecule has 1 aromatic rings. The second kappa shape index (κ2) is 7.44. The minimum Gasteiger partial charge on any atom is -0.467 e. The molecule has 116 valence electrons. The number of thioether (sulfide) groups is 1. The van der Waals surface area contributed by atoms with Crippen molar-refractivity contribution in [3.05, 3.63) is 5.82 Å². The van der Waals surface area contributed by atoms with E-state index >= 15 is 0 Å². The van der Waals surface area contributed by atoms with E-state index in [1.165, 1.54) is 32.2 Å². The normalized spacial score (nSPS) is 15.7. The van der Waals surface area contributed by atoms with Gasteiger partial charge in [-0.15, -0.1) is 10.2 Å². The molecule has 0 radical (unpaired) electrons. The number of carbonyl (C=O) groups is 2. The van der Waals surface area contributed by atoms with Crippen LogP contribution in [0.5, 0.6) is 0 Å². The minimum atomic E-state index is -0.670. The van der Waals surface area contributed by atoms with Crippen LogP contribution in [0.15, 0.2) is 5.16 Å². The van der Waals surface area contributed by atoms with Crippen LogP contribution in [-0.4, -0.2) is 45.5 Å². The molecule has 21 heavy (non-hydrogen) atoms. The monoisotopic (exact) mass is 312 g/mol. The molecule has 0 aromatic carbocycles. The lowest BCUT2D eigenvalue weighted by Crippen LogP contribution is -2.42. The summed E-state index contributed by atoms with van der Waals surface area (Å²) >= 11 is 1.42. The van der Waals surface area contributed by atoms with E-state index in [-0.39, 0.29) is 5.91 Å². The average Bonchev–Trinajstić information content (AvgIpc) is 2.69. The van der Waals surface area contributed by atoms with E-state index in [0.717, 1.165) is 36.8 Å². The van der Waals surface area contributed by atoms with Crippen molar-refractivity contribution in [1.29, 1.82) is 0 Å². The molecule has 0 spiro atoms. The number of aromatic nitrogens is 3. The second-order valence-corrected chi connectivity index (χ2v) is 5.94. The number of nitrogens with zero attached hydrogens (tertiary/aromatic N) is 3. The molecule has 1 aliphatic rings. The average molecular weight is 312 g/mol. The summed E-state index contributed by atoms with van der Waals surface area (Å²) in [6, 6.07) is -0.670. The van der Waals surface area contributed by atoms with Crippen molar-refractivity contribution in [3.8, 4) is 0 Å². The van der Waals surface area contributed by atoms with Gasteiger partial charge >= 0.3 is 5.97 Å². The highest BCUT2D eigenvalue weighted by molar-refractivity contribution is 7.99. The Kier molecular flexibility index (Phi) is 5.60. The molecule has 2 rings (SSSR count). The highest BCUT2D eigenvalue weighted by Gasteiger charge is 2.22. The second-order valence-electron chi connectivity index (χ2n) is 4.95. The Labute approximate surface area is 127 Å². The molecule has 1 atom stereocenters. The Hall–Kier alpha value is -1.57. The van der Waals surface area contributed by atoms with Crippen LogP contribution >= 0.6 is 11.8 Å². The fourth-order valence-corrected chi connectivity index (χ4v) is 3.27. The summed E-state index contributed by atoms with van der Waals surface area (Å²) in [4.78, 5) is 22.8. The maximum absolute atomic E-state index is 11.7. The fraction of sp³-hybridized carbons (Fsp3) is 0.692. The summed E-state index contributed by atoms with van der Waals surface area (Å²) in [6.07, 6.45) is 4.40. The summed E-state index contributed by atoms with van der Waals surface area (Å²) in [5.41, 5.74) is 0. The Bertz CT molecular complexity index is 518. The number of carbonyl (C=O) groups excluding carboxylic acids is 2. The van der Waals surface area contributed by atoms with Gasteiger partial charge in [-0.05, 0) is 12.8 Å². The molecule has 1 aliphatic heterocycles. The van der Waals surface area contributed by atoms with Gasteiger partial charge in [0, 0.05) is 25.6 Å². The zero-order valence-electron chi connectivity index (χ0n) is 12.3. The molecule has 0 bridgehead atoms. The van der Waals surface area contributed by atoms with Crippen LogP contribution in [0.1, 0.15) is 32.0 Å². The number of amides is 1. The molecule has 0 saturated heterocycles. The first-order chi connectivity index (χ1) is 10.1. The largest absolute Gasteiger partial charge is 0.467 e. The van der Waals surface area contributed by atoms with Crippen LogP contribution < -0.4 is 5.32 Å². The van der Waals surface area contributed by atoms with Gasteiger partial charge in [0.05, 0.1) is 7.11 Å². The molecule has 1 N–H and O–H groups in total. The van der Waals surface area contributed by atoms with Crippen LogP contribution in [-0.2, 0) is 27.3 Å². The topological polar surface area (TPSA) is 86.1 Å². The Morgan fingerprint density at radius 2 is 2.19 bits per heavy atom. The highest BCUT2D eigenvalue weighted by Crippen LogP contribution is 2.22. The van der Waals surface area contributed by atoms with Gasteiger partial charge in [0.15, 0.2) is 5.16 Å². The third kappa shape index (κ3) is 4.20. The molecular weight excluding hydrogens is 292 g/mol. The van der Waals surface area contributed by atoms with Crippen LogP contribution in [0.25, 0.3) is 0 Å².